The molecule has 0 unspecified atom stereocenters. The number of rotatable bonds is 11. The molecule has 0 bridgehead atoms. The third-order valence-corrected chi connectivity index (χ3v) is 5.52. The van der Waals surface area contributed by atoms with Crippen molar-refractivity contribution in [3.63, 3.8) is 0 Å². The molecule has 0 aliphatic rings. The molecule has 5 heteroatoms. The van der Waals surface area contributed by atoms with Crippen LogP contribution in [0.25, 0.3) is 11.1 Å². The third kappa shape index (κ3) is 8.37. The Balaban J connectivity index is 2.03. The number of benzene rings is 2. The van der Waals surface area contributed by atoms with E-state index in [9.17, 15) is 14.7 Å². The molecular formula is C27H37NO4. The van der Waals surface area contributed by atoms with Crippen LogP contribution in [0.5, 0.6) is 0 Å². The lowest BCUT2D eigenvalue weighted by molar-refractivity contribution is -0.161. The Morgan fingerprint density at radius 1 is 1.00 bits per heavy atom. The van der Waals surface area contributed by atoms with Gasteiger partial charge in [0.15, 0.2) is 0 Å². The number of nitrogen functional groups attached to an aromatic ring is 1. The number of carboxylic acid groups (broad SMARTS) is 1. The number of carboxylic acids is 1. The number of ether oxygens (including phenoxy) is 1. The second kappa shape index (κ2) is 11.7. The third-order valence-electron chi connectivity index (χ3n) is 5.52. The molecule has 2 rings (SSSR count). The lowest BCUT2D eigenvalue weighted by Gasteiger charge is -2.25. The summed E-state index contributed by atoms with van der Waals surface area (Å²) >= 11 is 0. The van der Waals surface area contributed by atoms with E-state index in [1.807, 2.05) is 69.3 Å². The Labute approximate surface area is 192 Å². The van der Waals surface area contributed by atoms with Gasteiger partial charge in [-0.25, -0.2) is 0 Å². The summed E-state index contributed by atoms with van der Waals surface area (Å²) in [6.45, 7) is 7.58. The van der Waals surface area contributed by atoms with E-state index in [0.717, 1.165) is 35.2 Å². The molecule has 0 aromatic heterocycles. The maximum atomic E-state index is 12.7. The monoisotopic (exact) mass is 439 g/mol. The molecular weight excluding hydrogens is 402 g/mol. The predicted octanol–water partition coefficient (Wildman–Crippen LogP) is 6.11. The van der Waals surface area contributed by atoms with Gasteiger partial charge in [-0.1, -0.05) is 56.2 Å². The van der Waals surface area contributed by atoms with Crippen LogP contribution in [0.15, 0.2) is 48.5 Å². The van der Waals surface area contributed by atoms with Crippen LogP contribution in [0.3, 0.4) is 0 Å². The van der Waals surface area contributed by atoms with E-state index in [0.29, 0.717) is 25.7 Å². The molecule has 32 heavy (non-hydrogen) atoms. The molecule has 0 amide bonds. The van der Waals surface area contributed by atoms with E-state index in [-0.39, 0.29) is 11.9 Å². The van der Waals surface area contributed by atoms with Crippen molar-refractivity contribution in [2.45, 2.75) is 71.8 Å². The van der Waals surface area contributed by atoms with E-state index < -0.39 is 17.5 Å². The van der Waals surface area contributed by atoms with Crippen molar-refractivity contribution in [2.24, 2.45) is 11.8 Å². The van der Waals surface area contributed by atoms with Gasteiger partial charge in [-0.2, -0.15) is 0 Å². The minimum Gasteiger partial charge on any atom is -0.481 e. The number of aliphatic carboxylic acids is 1. The highest BCUT2D eigenvalue weighted by Crippen LogP contribution is 2.27. The van der Waals surface area contributed by atoms with Crippen molar-refractivity contribution in [3.05, 3.63) is 54.1 Å². The molecule has 0 saturated carbocycles. The van der Waals surface area contributed by atoms with Gasteiger partial charge in [0.2, 0.25) is 0 Å². The first-order chi connectivity index (χ1) is 15.1. The summed E-state index contributed by atoms with van der Waals surface area (Å²) in [5, 5.41) is 9.79. The van der Waals surface area contributed by atoms with Gasteiger partial charge in [0, 0.05) is 5.69 Å². The fourth-order valence-corrected chi connectivity index (χ4v) is 3.78. The highest BCUT2D eigenvalue weighted by Gasteiger charge is 2.30. The van der Waals surface area contributed by atoms with Crippen LogP contribution in [0.1, 0.15) is 65.4 Å². The topological polar surface area (TPSA) is 89.6 Å². The van der Waals surface area contributed by atoms with Crippen LogP contribution in [-0.4, -0.2) is 22.6 Å². The number of carbonyl (C=O) groups excluding carboxylic acids is 1. The SMILES string of the molecule is CCCC[C@@H](C[C@@H](CCc1ccc(-c2cccc(N)c2)cc1)C(=O)O)C(=O)OC(C)(C)C. The van der Waals surface area contributed by atoms with Gasteiger partial charge in [0.1, 0.15) is 5.60 Å². The highest BCUT2D eigenvalue weighted by atomic mass is 16.6. The van der Waals surface area contributed by atoms with Gasteiger partial charge in [0.25, 0.3) is 0 Å². The number of esters is 1. The largest absolute Gasteiger partial charge is 0.481 e. The maximum Gasteiger partial charge on any atom is 0.309 e. The number of aryl methyl sites for hydroxylation is 1. The molecule has 5 nitrogen and oxygen atoms in total. The Hall–Kier alpha value is -2.82. The minimum atomic E-state index is -0.855. The van der Waals surface area contributed by atoms with E-state index in [2.05, 4.69) is 6.92 Å². The first-order valence-electron chi connectivity index (χ1n) is 11.5. The van der Waals surface area contributed by atoms with Crippen LogP contribution < -0.4 is 5.73 Å². The molecule has 2 atom stereocenters. The second-order valence-electron chi connectivity index (χ2n) is 9.50. The molecule has 2 aromatic rings. The number of unbranched alkanes of at least 4 members (excludes halogenated alkanes) is 1. The van der Waals surface area contributed by atoms with Crippen molar-refractivity contribution in [1.82, 2.24) is 0 Å². The number of hydrogen-bond acceptors (Lipinski definition) is 4. The van der Waals surface area contributed by atoms with Crippen LogP contribution in [0.2, 0.25) is 0 Å². The Kier molecular flexibility index (Phi) is 9.30. The summed E-state index contributed by atoms with van der Waals surface area (Å²) in [6.07, 6.45) is 3.93. The summed E-state index contributed by atoms with van der Waals surface area (Å²) < 4.78 is 5.56. The smallest absolute Gasteiger partial charge is 0.309 e. The number of anilines is 1. The standard InChI is InChI=1S/C27H37NO4/c1-5-6-8-23(26(31)32-27(2,3)4)17-22(25(29)30)16-13-19-11-14-20(15-12-19)21-9-7-10-24(28)18-21/h7,9-12,14-15,18,22-23H,5-6,8,13,16-17,28H2,1-4H3,(H,29,30)/t22-,23+/m1/s1. The zero-order valence-electron chi connectivity index (χ0n) is 19.8. The fraction of sp³-hybridized carbons (Fsp3) is 0.481. The van der Waals surface area contributed by atoms with Crippen LogP contribution in [-0.2, 0) is 20.7 Å². The average molecular weight is 440 g/mol. The molecule has 0 radical (unpaired) electrons. The van der Waals surface area contributed by atoms with E-state index in [1.54, 1.807) is 0 Å². The van der Waals surface area contributed by atoms with Gasteiger partial charge in [0.05, 0.1) is 11.8 Å². The van der Waals surface area contributed by atoms with Crippen molar-refractivity contribution in [1.29, 1.82) is 0 Å². The minimum absolute atomic E-state index is 0.288. The summed E-state index contributed by atoms with van der Waals surface area (Å²) in [7, 11) is 0. The van der Waals surface area contributed by atoms with Crippen molar-refractivity contribution in [3.8, 4) is 11.1 Å². The van der Waals surface area contributed by atoms with Gasteiger partial charge in [-0.15, -0.1) is 0 Å². The molecule has 0 spiro atoms. The molecule has 0 fully saturated rings. The molecule has 0 aliphatic heterocycles. The van der Waals surface area contributed by atoms with Crippen LogP contribution in [0, 0.1) is 11.8 Å². The Morgan fingerprint density at radius 2 is 1.69 bits per heavy atom. The van der Waals surface area contributed by atoms with Crippen molar-refractivity contribution >= 4 is 17.6 Å². The normalized spacial score (nSPS) is 13.4. The summed E-state index contributed by atoms with van der Waals surface area (Å²) in [5.41, 5.74) is 9.21. The van der Waals surface area contributed by atoms with E-state index in [1.165, 1.54) is 0 Å². The fourth-order valence-electron chi connectivity index (χ4n) is 3.78. The number of nitrogens with two attached hydrogens (primary N) is 1. The van der Waals surface area contributed by atoms with Gasteiger partial charge in [-0.3, -0.25) is 9.59 Å². The molecule has 0 heterocycles. The molecule has 0 saturated heterocycles. The maximum absolute atomic E-state index is 12.7. The average Bonchev–Trinajstić information content (AvgIpc) is 2.72. The number of hydrogen-bond donors (Lipinski definition) is 2. The van der Waals surface area contributed by atoms with Crippen LogP contribution in [0.4, 0.5) is 5.69 Å². The lowest BCUT2D eigenvalue weighted by Crippen LogP contribution is -2.31. The van der Waals surface area contributed by atoms with E-state index in [4.69, 9.17) is 10.5 Å². The first kappa shape index (κ1) is 25.4. The first-order valence-corrected chi connectivity index (χ1v) is 11.5. The predicted molar refractivity (Wildman–Crippen MR) is 129 cm³/mol. The quantitative estimate of drug-likeness (QED) is 0.326. The Morgan fingerprint density at radius 3 is 2.25 bits per heavy atom. The summed E-state index contributed by atoms with van der Waals surface area (Å²) in [6, 6.07) is 15.8. The van der Waals surface area contributed by atoms with E-state index >= 15 is 0 Å². The van der Waals surface area contributed by atoms with Crippen LogP contribution >= 0.6 is 0 Å². The molecule has 174 valence electrons. The lowest BCUT2D eigenvalue weighted by atomic mass is 9.86. The van der Waals surface area contributed by atoms with Gasteiger partial charge in [-0.05, 0) is 75.3 Å². The molecule has 2 aromatic carbocycles. The van der Waals surface area contributed by atoms with Crippen molar-refractivity contribution in [2.75, 3.05) is 5.73 Å². The zero-order chi connectivity index (χ0) is 23.7. The number of carbonyl (C=O) groups is 2. The second-order valence-corrected chi connectivity index (χ2v) is 9.50. The highest BCUT2D eigenvalue weighted by molar-refractivity contribution is 5.75. The van der Waals surface area contributed by atoms with Gasteiger partial charge >= 0.3 is 11.9 Å². The Bertz CT molecular complexity index is 883. The zero-order valence-corrected chi connectivity index (χ0v) is 19.8. The summed E-state index contributed by atoms with van der Waals surface area (Å²) in [4.78, 5) is 24.6. The van der Waals surface area contributed by atoms with Crippen molar-refractivity contribution < 1.29 is 19.4 Å². The molecule has 0 aliphatic carbocycles. The molecule has 3 N–H and O–H groups in total. The van der Waals surface area contributed by atoms with Gasteiger partial charge < -0.3 is 15.6 Å². The summed E-state index contributed by atoms with van der Waals surface area (Å²) in [5.74, 6) is -2.12.